The van der Waals surface area contributed by atoms with Gasteiger partial charge in [0, 0.05) is 0 Å². The Morgan fingerprint density at radius 2 is 1.27 bits per heavy atom. The molecule has 0 saturated heterocycles. The molecule has 0 saturated carbocycles. The fraction of sp³-hybridized carbons (Fsp3) is 0.531. The molecular formula is C32H43NO4. The Morgan fingerprint density at radius 3 is 1.86 bits per heavy atom. The molecule has 0 bridgehead atoms. The SMILES string of the molecule is CCCCCCCCCCCCCCCOC(=O)c1ccc2c(c1)C(=O)N(c1ccc(C)cc1C)C2=O. The van der Waals surface area contributed by atoms with Gasteiger partial charge < -0.3 is 4.74 Å². The Labute approximate surface area is 222 Å². The van der Waals surface area contributed by atoms with Crippen molar-refractivity contribution in [3.8, 4) is 0 Å². The van der Waals surface area contributed by atoms with Crippen LogP contribution in [0.25, 0.3) is 0 Å². The van der Waals surface area contributed by atoms with E-state index in [0.717, 1.165) is 30.4 Å². The standard InChI is InChI=1S/C32H43NO4/c1-4-5-6-7-8-9-10-11-12-13-14-15-16-21-37-32(36)26-18-19-27-28(23-26)31(35)33(30(27)34)29-20-17-24(2)22-25(29)3/h17-20,22-23H,4-16,21H2,1-3H3. The number of hydrogen-bond donors (Lipinski definition) is 0. The summed E-state index contributed by atoms with van der Waals surface area (Å²) in [6.07, 6.45) is 16.4. The molecule has 0 aliphatic carbocycles. The van der Waals surface area contributed by atoms with Crippen LogP contribution in [0, 0.1) is 13.8 Å². The Kier molecular flexibility index (Phi) is 11.4. The van der Waals surface area contributed by atoms with Crippen molar-refractivity contribution in [3.05, 3.63) is 64.2 Å². The van der Waals surface area contributed by atoms with Gasteiger partial charge in [-0.25, -0.2) is 9.69 Å². The molecule has 37 heavy (non-hydrogen) atoms. The highest BCUT2D eigenvalue weighted by Crippen LogP contribution is 2.31. The van der Waals surface area contributed by atoms with E-state index in [1.807, 2.05) is 26.0 Å². The van der Waals surface area contributed by atoms with Crippen molar-refractivity contribution >= 4 is 23.5 Å². The van der Waals surface area contributed by atoms with Gasteiger partial charge >= 0.3 is 5.97 Å². The molecule has 1 aliphatic heterocycles. The Bertz CT molecular complexity index is 1070. The molecule has 2 aromatic rings. The number of rotatable bonds is 16. The average molecular weight is 506 g/mol. The fourth-order valence-corrected chi connectivity index (χ4v) is 5.01. The van der Waals surface area contributed by atoms with E-state index < -0.39 is 11.9 Å². The number of fused-ring (bicyclic) bond motifs is 1. The largest absolute Gasteiger partial charge is 0.462 e. The lowest BCUT2D eigenvalue weighted by molar-refractivity contribution is 0.0497. The van der Waals surface area contributed by atoms with Crippen LogP contribution in [0.15, 0.2) is 36.4 Å². The fourth-order valence-electron chi connectivity index (χ4n) is 5.01. The highest BCUT2D eigenvalue weighted by molar-refractivity contribution is 6.34. The molecule has 0 spiro atoms. The normalized spacial score (nSPS) is 12.8. The molecule has 2 aromatic carbocycles. The zero-order valence-electron chi connectivity index (χ0n) is 22.9. The van der Waals surface area contributed by atoms with Crippen molar-refractivity contribution in [2.75, 3.05) is 11.5 Å². The third-order valence-electron chi connectivity index (χ3n) is 7.20. The topological polar surface area (TPSA) is 63.7 Å². The Balaban J connectivity index is 1.36. The van der Waals surface area contributed by atoms with Crippen LogP contribution in [0.4, 0.5) is 5.69 Å². The van der Waals surface area contributed by atoms with Gasteiger partial charge in [0.05, 0.1) is 29.0 Å². The zero-order valence-corrected chi connectivity index (χ0v) is 22.9. The molecule has 0 radical (unpaired) electrons. The van der Waals surface area contributed by atoms with Crippen molar-refractivity contribution in [2.45, 2.75) is 104 Å². The summed E-state index contributed by atoms with van der Waals surface area (Å²) in [6, 6.07) is 10.2. The number of esters is 1. The van der Waals surface area contributed by atoms with Crippen LogP contribution in [-0.2, 0) is 4.74 Å². The number of ether oxygens (including phenoxy) is 1. The molecule has 2 amide bonds. The van der Waals surface area contributed by atoms with Gasteiger partial charge in [0.15, 0.2) is 0 Å². The number of aryl methyl sites for hydroxylation is 2. The number of imide groups is 1. The second kappa shape index (κ2) is 14.7. The number of benzene rings is 2. The second-order valence-electron chi connectivity index (χ2n) is 10.4. The van der Waals surface area contributed by atoms with Gasteiger partial charge in [-0.15, -0.1) is 0 Å². The first-order chi connectivity index (χ1) is 17.9. The first kappa shape index (κ1) is 28.6. The number of unbranched alkanes of at least 4 members (excludes halogenated alkanes) is 12. The van der Waals surface area contributed by atoms with Gasteiger partial charge in [-0.1, -0.05) is 102 Å². The van der Waals surface area contributed by atoms with E-state index in [2.05, 4.69) is 6.92 Å². The van der Waals surface area contributed by atoms with Crippen LogP contribution in [0.3, 0.4) is 0 Å². The van der Waals surface area contributed by atoms with E-state index in [4.69, 9.17) is 4.74 Å². The quantitative estimate of drug-likeness (QED) is 0.131. The van der Waals surface area contributed by atoms with E-state index in [1.165, 1.54) is 75.2 Å². The minimum atomic E-state index is -0.452. The summed E-state index contributed by atoms with van der Waals surface area (Å²) in [5, 5.41) is 0. The molecule has 3 rings (SSSR count). The molecule has 0 unspecified atom stereocenters. The first-order valence-corrected chi connectivity index (χ1v) is 14.2. The van der Waals surface area contributed by atoms with Gasteiger partial charge in [-0.3, -0.25) is 9.59 Å². The number of amides is 2. The van der Waals surface area contributed by atoms with Gasteiger partial charge in [0.25, 0.3) is 11.8 Å². The zero-order chi connectivity index (χ0) is 26.6. The molecule has 0 fully saturated rings. The maximum atomic E-state index is 13.1. The summed E-state index contributed by atoms with van der Waals surface area (Å²) in [5.74, 6) is -1.22. The smallest absolute Gasteiger partial charge is 0.338 e. The van der Waals surface area contributed by atoms with Gasteiger partial charge in [0.1, 0.15) is 0 Å². The predicted molar refractivity (Wildman–Crippen MR) is 149 cm³/mol. The van der Waals surface area contributed by atoms with Crippen LogP contribution < -0.4 is 4.90 Å². The van der Waals surface area contributed by atoms with Crippen LogP contribution >= 0.6 is 0 Å². The Morgan fingerprint density at radius 1 is 0.703 bits per heavy atom. The molecule has 200 valence electrons. The van der Waals surface area contributed by atoms with Crippen LogP contribution in [0.1, 0.15) is 133 Å². The number of hydrogen-bond acceptors (Lipinski definition) is 4. The van der Waals surface area contributed by atoms with Crippen molar-refractivity contribution in [2.24, 2.45) is 0 Å². The first-order valence-electron chi connectivity index (χ1n) is 14.2. The highest BCUT2D eigenvalue weighted by Gasteiger charge is 2.37. The summed E-state index contributed by atoms with van der Waals surface area (Å²) >= 11 is 0. The average Bonchev–Trinajstić information content (AvgIpc) is 3.13. The van der Waals surface area contributed by atoms with E-state index in [-0.39, 0.29) is 11.5 Å². The van der Waals surface area contributed by atoms with Crippen molar-refractivity contribution in [1.82, 2.24) is 0 Å². The van der Waals surface area contributed by atoms with Gasteiger partial charge in [0.2, 0.25) is 0 Å². The monoisotopic (exact) mass is 505 g/mol. The maximum absolute atomic E-state index is 13.1. The maximum Gasteiger partial charge on any atom is 0.338 e. The molecule has 0 N–H and O–H groups in total. The highest BCUT2D eigenvalue weighted by atomic mass is 16.5. The van der Waals surface area contributed by atoms with E-state index in [9.17, 15) is 14.4 Å². The molecular weight excluding hydrogens is 462 g/mol. The third kappa shape index (κ3) is 8.02. The molecule has 1 aliphatic rings. The molecule has 5 nitrogen and oxygen atoms in total. The lowest BCUT2D eigenvalue weighted by Gasteiger charge is -2.16. The summed E-state index contributed by atoms with van der Waals surface area (Å²) in [5.41, 5.74) is 3.36. The van der Waals surface area contributed by atoms with E-state index >= 15 is 0 Å². The second-order valence-corrected chi connectivity index (χ2v) is 10.4. The number of nitrogens with zero attached hydrogens (tertiary/aromatic N) is 1. The number of carbonyl (C=O) groups is 3. The Hall–Kier alpha value is -2.95. The molecule has 0 atom stereocenters. The van der Waals surface area contributed by atoms with Crippen molar-refractivity contribution in [1.29, 1.82) is 0 Å². The minimum Gasteiger partial charge on any atom is -0.462 e. The van der Waals surface area contributed by atoms with Crippen LogP contribution in [0.5, 0.6) is 0 Å². The molecule has 1 heterocycles. The predicted octanol–water partition coefficient (Wildman–Crippen LogP) is 8.35. The number of carbonyl (C=O) groups excluding carboxylic acids is 3. The van der Waals surface area contributed by atoms with Crippen LogP contribution in [-0.4, -0.2) is 24.4 Å². The van der Waals surface area contributed by atoms with Crippen molar-refractivity contribution < 1.29 is 19.1 Å². The summed E-state index contributed by atoms with van der Waals surface area (Å²) in [6.45, 7) is 6.47. The van der Waals surface area contributed by atoms with E-state index in [0.29, 0.717) is 23.4 Å². The summed E-state index contributed by atoms with van der Waals surface area (Å²) in [7, 11) is 0. The van der Waals surface area contributed by atoms with Gasteiger partial charge in [-0.05, 0) is 50.1 Å². The summed E-state index contributed by atoms with van der Waals surface area (Å²) < 4.78 is 5.44. The molecule has 5 heteroatoms. The van der Waals surface area contributed by atoms with E-state index in [1.54, 1.807) is 18.2 Å². The van der Waals surface area contributed by atoms with Crippen molar-refractivity contribution in [3.63, 3.8) is 0 Å². The number of anilines is 1. The summed E-state index contributed by atoms with van der Waals surface area (Å²) in [4.78, 5) is 39.8. The third-order valence-corrected chi connectivity index (χ3v) is 7.20. The van der Waals surface area contributed by atoms with Gasteiger partial charge in [-0.2, -0.15) is 0 Å². The lowest BCUT2D eigenvalue weighted by Crippen LogP contribution is -2.30. The minimum absolute atomic E-state index is 0.250. The van der Waals surface area contributed by atoms with Crippen LogP contribution in [0.2, 0.25) is 0 Å². The molecule has 0 aromatic heterocycles. The lowest BCUT2D eigenvalue weighted by atomic mass is 10.0.